The molecule has 1 atom stereocenters. The summed E-state index contributed by atoms with van der Waals surface area (Å²) in [5.41, 5.74) is 1.76. The van der Waals surface area contributed by atoms with Gasteiger partial charge in [0, 0.05) is 34.5 Å². The van der Waals surface area contributed by atoms with Gasteiger partial charge in [-0.25, -0.2) is 0 Å². The van der Waals surface area contributed by atoms with Crippen LogP contribution in [0.2, 0.25) is 5.02 Å². The molecule has 0 bridgehead atoms. The average molecular weight is 459 g/mol. The Hall–Kier alpha value is -2.42. The van der Waals surface area contributed by atoms with E-state index in [-0.39, 0.29) is 17.7 Å². The summed E-state index contributed by atoms with van der Waals surface area (Å²) in [5, 5.41) is 12.9. The lowest BCUT2D eigenvalue weighted by Gasteiger charge is -2.17. The molecule has 0 aliphatic carbocycles. The van der Waals surface area contributed by atoms with Gasteiger partial charge in [-0.1, -0.05) is 47.2 Å². The third-order valence-electron chi connectivity index (χ3n) is 4.74. The molecule has 2 amide bonds. The van der Waals surface area contributed by atoms with Crippen molar-refractivity contribution < 1.29 is 9.59 Å². The lowest BCUT2D eigenvalue weighted by Crippen LogP contribution is -2.24. The summed E-state index contributed by atoms with van der Waals surface area (Å²) in [6.45, 7) is 2.45. The molecule has 1 aliphatic rings. The Morgan fingerprint density at radius 3 is 2.83 bits per heavy atom. The van der Waals surface area contributed by atoms with Crippen LogP contribution in [0.5, 0.6) is 0 Å². The third kappa shape index (κ3) is 4.83. The molecule has 1 aliphatic heterocycles. The zero-order valence-corrected chi connectivity index (χ0v) is 18.6. The highest BCUT2D eigenvalue weighted by Crippen LogP contribution is 2.35. The zero-order valence-electron chi connectivity index (χ0n) is 16.2. The van der Waals surface area contributed by atoms with E-state index < -0.39 is 0 Å². The summed E-state index contributed by atoms with van der Waals surface area (Å²) < 4.78 is 0. The van der Waals surface area contributed by atoms with Crippen molar-refractivity contribution in [1.29, 1.82) is 0 Å². The quantitative estimate of drug-likeness (QED) is 0.539. The molecular weight excluding hydrogens is 440 g/mol. The number of hydrogen-bond donors (Lipinski definition) is 1. The molecule has 0 unspecified atom stereocenters. The summed E-state index contributed by atoms with van der Waals surface area (Å²) in [5.74, 6) is 0.132. The van der Waals surface area contributed by atoms with Gasteiger partial charge < -0.3 is 4.90 Å². The minimum absolute atomic E-state index is 0.0277. The van der Waals surface area contributed by atoms with Crippen LogP contribution in [0.15, 0.2) is 53.4 Å². The van der Waals surface area contributed by atoms with Gasteiger partial charge in [0.15, 0.2) is 0 Å². The molecule has 9 heteroatoms. The maximum atomic E-state index is 12.5. The third-order valence-corrected chi connectivity index (χ3v) is 7.16. The van der Waals surface area contributed by atoms with Crippen molar-refractivity contribution >= 4 is 57.3 Å². The van der Waals surface area contributed by atoms with Crippen molar-refractivity contribution in [3.8, 4) is 0 Å². The monoisotopic (exact) mass is 458 g/mol. The van der Waals surface area contributed by atoms with Crippen molar-refractivity contribution in [1.82, 2.24) is 10.2 Å². The first-order valence-electron chi connectivity index (χ1n) is 9.37. The summed E-state index contributed by atoms with van der Waals surface area (Å²) in [6.07, 6.45) is 0.359. The highest BCUT2D eigenvalue weighted by Gasteiger charge is 2.34. The Morgan fingerprint density at radius 2 is 2.07 bits per heavy atom. The zero-order chi connectivity index (χ0) is 21.1. The molecule has 0 saturated carbocycles. The minimum atomic E-state index is -0.134. The first-order chi connectivity index (χ1) is 14.5. The fourth-order valence-electron chi connectivity index (χ4n) is 3.14. The lowest BCUT2D eigenvalue weighted by molar-refractivity contribution is -0.117. The van der Waals surface area contributed by atoms with Gasteiger partial charge in [0.25, 0.3) is 0 Å². The molecule has 3 aromatic rings. The van der Waals surface area contributed by atoms with Crippen molar-refractivity contribution in [3.05, 3.63) is 64.1 Å². The molecular formula is C21H19ClN4O2S2. The molecule has 0 radical (unpaired) electrons. The van der Waals surface area contributed by atoms with Gasteiger partial charge in [-0.2, -0.15) is 0 Å². The number of rotatable bonds is 6. The predicted molar refractivity (Wildman–Crippen MR) is 122 cm³/mol. The normalized spacial score (nSPS) is 16.1. The number of benzene rings is 2. The molecule has 154 valence electrons. The van der Waals surface area contributed by atoms with Crippen molar-refractivity contribution in [2.24, 2.45) is 0 Å². The van der Waals surface area contributed by atoms with Crippen LogP contribution in [0, 0.1) is 6.92 Å². The van der Waals surface area contributed by atoms with Gasteiger partial charge in [-0.15, -0.1) is 22.0 Å². The average Bonchev–Trinajstić information content (AvgIpc) is 3.36. The number of anilines is 2. The van der Waals surface area contributed by atoms with Crippen LogP contribution in [0.1, 0.15) is 22.9 Å². The molecule has 2 aromatic carbocycles. The van der Waals surface area contributed by atoms with Crippen LogP contribution >= 0.6 is 34.7 Å². The van der Waals surface area contributed by atoms with E-state index in [4.69, 9.17) is 11.6 Å². The molecule has 1 aromatic heterocycles. The Labute approximate surface area is 187 Å². The predicted octanol–water partition coefficient (Wildman–Crippen LogP) is 4.75. The van der Waals surface area contributed by atoms with Gasteiger partial charge in [-0.3, -0.25) is 14.9 Å². The number of nitrogens with zero attached hydrogens (tertiary/aromatic N) is 3. The first kappa shape index (κ1) is 20.8. The van der Waals surface area contributed by atoms with Gasteiger partial charge in [0.1, 0.15) is 5.01 Å². The summed E-state index contributed by atoms with van der Waals surface area (Å²) in [6, 6.07) is 15.4. The summed E-state index contributed by atoms with van der Waals surface area (Å²) in [4.78, 5) is 27.5. The first-order valence-corrected chi connectivity index (χ1v) is 11.5. The van der Waals surface area contributed by atoms with Crippen molar-refractivity contribution in [2.45, 2.75) is 24.2 Å². The SMILES string of the molecule is Cc1ccc(N2C[C@H](c3nnc(NC(=O)CSc4ccccc4)s3)CC2=O)cc1Cl. The van der Waals surface area contributed by atoms with Gasteiger partial charge >= 0.3 is 0 Å². The molecule has 4 rings (SSSR count). The molecule has 0 spiro atoms. The Kier molecular flexibility index (Phi) is 6.36. The van der Waals surface area contributed by atoms with Crippen LogP contribution in [0.25, 0.3) is 0 Å². The Morgan fingerprint density at radius 1 is 1.27 bits per heavy atom. The second kappa shape index (κ2) is 9.16. The number of halogens is 1. The minimum Gasteiger partial charge on any atom is -0.312 e. The number of nitrogens with one attached hydrogen (secondary N) is 1. The second-order valence-electron chi connectivity index (χ2n) is 6.93. The van der Waals surface area contributed by atoms with E-state index in [0.29, 0.717) is 28.9 Å². The van der Waals surface area contributed by atoms with E-state index in [1.165, 1.54) is 23.1 Å². The van der Waals surface area contributed by atoms with E-state index in [1.807, 2.05) is 55.5 Å². The van der Waals surface area contributed by atoms with Crippen molar-refractivity contribution in [2.75, 3.05) is 22.5 Å². The van der Waals surface area contributed by atoms with Crippen molar-refractivity contribution in [3.63, 3.8) is 0 Å². The van der Waals surface area contributed by atoms with Gasteiger partial charge in [-0.05, 0) is 36.8 Å². The largest absolute Gasteiger partial charge is 0.312 e. The van der Waals surface area contributed by atoms with Gasteiger partial charge in [0.2, 0.25) is 16.9 Å². The van der Waals surface area contributed by atoms with E-state index >= 15 is 0 Å². The number of hydrogen-bond acceptors (Lipinski definition) is 6. The fraction of sp³-hybridized carbons (Fsp3) is 0.238. The van der Waals surface area contributed by atoms with E-state index in [2.05, 4.69) is 15.5 Å². The molecule has 6 nitrogen and oxygen atoms in total. The van der Waals surface area contributed by atoms with Gasteiger partial charge in [0.05, 0.1) is 5.75 Å². The van der Waals surface area contributed by atoms with Crippen LogP contribution in [0.3, 0.4) is 0 Å². The Balaban J connectivity index is 1.36. The smallest absolute Gasteiger partial charge is 0.236 e. The molecule has 1 saturated heterocycles. The van der Waals surface area contributed by atoms with E-state index in [0.717, 1.165) is 21.2 Å². The highest BCUT2D eigenvalue weighted by atomic mass is 35.5. The number of amides is 2. The van der Waals surface area contributed by atoms with Crippen LogP contribution in [0.4, 0.5) is 10.8 Å². The number of thioether (sulfide) groups is 1. The highest BCUT2D eigenvalue weighted by molar-refractivity contribution is 8.00. The molecule has 2 heterocycles. The number of aromatic nitrogens is 2. The topological polar surface area (TPSA) is 75.2 Å². The van der Waals surface area contributed by atoms with Crippen LogP contribution in [-0.4, -0.2) is 34.3 Å². The van der Waals surface area contributed by atoms with Crippen LogP contribution in [-0.2, 0) is 9.59 Å². The lowest BCUT2D eigenvalue weighted by atomic mass is 10.1. The van der Waals surface area contributed by atoms with Crippen LogP contribution < -0.4 is 10.2 Å². The van der Waals surface area contributed by atoms with E-state index in [9.17, 15) is 9.59 Å². The number of aryl methyl sites for hydroxylation is 1. The molecule has 30 heavy (non-hydrogen) atoms. The molecule has 1 N–H and O–H groups in total. The second-order valence-corrected chi connectivity index (χ2v) is 9.40. The summed E-state index contributed by atoms with van der Waals surface area (Å²) in [7, 11) is 0. The maximum absolute atomic E-state index is 12.5. The van der Waals surface area contributed by atoms with E-state index in [1.54, 1.807) is 4.90 Å². The Bertz CT molecular complexity index is 1070. The fourth-order valence-corrected chi connectivity index (χ4v) is 4.89. The number of carbonyl (C=O) groups excluding carboxylic acids is 2. The maximum Gasteiger partial charge on any atom is 0.236 e. The molecule has 1 fully saturated rings. The standard InChI is InChI=1S/C21H19ClN4O2S2/c1-13-7-8-15(10-17(13)22)26-11-14(9-19(26)28)20-24-25-21(30-20)23-18(27)12-29-16-5-3-2-4-6-16/h2-8,10,14H,9,11-12H2,1H3,(H,23,25,27)/t14-/m1/s1. The summed E-state index contributed by atoms with van der Waals surface area (Å²) >= 11 is 8.99. The number of carbonyl (C=O) groups is 2.